The first-order valence-electron chi connectivity index (χ1n) is 7.32. The second-order valence-corrected chi connectivity index (χ2v) is 5.54. The second kappa shape index (κ2) is 6.20. The first-order valence-corrected chi connectivity index (χ1v) is 7.32. The molecule has 0 unspecified atom stereocenters. The minimum atomic E-state index is -0.404. The van der Waals surface area contributed by atoms with E-state index in [1.807, 2.05) is 0 Å². The third kappa shape index (κ3) is 3.74. The van der Waals surface area contributed by atoms with Gasteiger partial charge in [-0.05, 0) is 44.0 Å². The molecule has 1 N–H and O–H groups in total. The summed E-state index contributed by atoms with van der Waals surface area (Å²) in [5.41, 5.74) is 0.364. The Hall–Kier alpha value is -2.70. The Morgan fingerprint density at radius 1 is 1.35 bits per heavy atom. The molecule has 0 atom stereocenters. The molecular formula is C16H16FN3O3. The van der Waals surface area contributed by atoms with E-state index >= 15 is 0 Å². The van der Waals surface area contributed by atoms with Gasteiger partial charge in [-0.15, -0.1) is 0 Å². The number of hydrogen-bond donors (Lipinski definition) is 1. The largest absolute Gasteiger partial charge is 0.360 e. The van der Waals surface area contributed by atoms with Crippen LogP contribution in [-0.4, -0.2) is 34.5 Å². The quantitative estimate of drug-likeness (QED) is 0.918. The number of halogens is 1. The average Bonchev–Trinajstić information content (AvgIpc) is 3.28. The number of amides is 2. The molecule has 1 aliphatic carbocycles. The van der Waals surface area contributed by atoms with E-state index in [1.54, 1.807) is 13.0 Å². The lowest BCUT2D eigenvalue weighted by Crippen LogP contribution is -2.39. The standard InChI is InChI=1S/C16H16FN3O3/c1-10-8-14(19-23-10)18-15(21)9-20(13-6-7-13)16(22)11-2-4-12(17)5-3-11/h2-5,8,13H,6-7,9H2,1H3,(H,18,19,21). The zero-order chi connectivity index (χ0) is 16.4. The fourth-order valence-electron chi connectivity index (χ4n) is 2.27. The van der Waals surface area contributed by atoms with Crippen LogP contribution in [0.5, 0.6) is 0 Å². The van der Waals surface area contributed by atoms with Gasteiger partial charge in [0.15, 0.2) is 5.82 Å². The highest BCUT2D eigenvalue weighted by Gasteiger charge is 2.34. The maximum Gasteiger partial charge on any atom is 0.254 e. The number of hydrogen-bond acceptors (Lipinski definition) is 4. The molecular weight excluding hydrogens is 301 g/mol. The van der Waals surface area contributed by atoms with Gasteiger partial charge in [0.1, 0.15) is 18.1 Å². The van der Waals surface area contributed by atoms with Gasteiger partial charge in [-0.2, -0.15) is 0 Å². The van der Waals surface area contributed by atoms with Gasteiger partial charge in [-0.1, -0.05) is 5.16 Å². The summed E-state index contributed by atoms with van der Waals surface area (Å²) < 4.78 is 17.8. The molecule has 120 valence electrons. The van der Waals surface area contributed by atoms with Gasteiger partial charge in [0.05, 0.1) is 0 Å². The Balaban J connectivity index is 1.68. The summed E-state index contributed by atoms with van der Waals surface area (Å²) in [6, 6.07) is 6.96. The summed E-state index contributed by atoms with van der Waals surface area (Å²) in [5, 5.41) is 6.28. The number of aromatic nitrogens is 1. The van der Waals surface area contributed by atoms with Gasteiger partial charge in [0, 0.05) is 17.7 Å². The Morgan fingerprint density at radius 2 is 2.04 bits per heavy atom. The summed E-state index contributed by atoms with van der Waals surface area (Å²) in [6.07, 6.45) is 1.73. The predicted molar refractivity (Wildman–Crippen MR) is 80.3 cm³/mol. The third-order valence-electron chi connectivity index (χ3n) is 3.55. The van der Waals surface area contributed by atoms with E-state index in [4.69, 9.17) is 4.52 Å². The molecule has 0 saturated heterocycles. The number of nitrogens with one attached hydrogen (secondary N) is 1. The molecule has 1 saturated carbocycles. The number of benzene rings is 1. The maximum absolute atomic E-state index is 13.0. The average molecular weight is 317 g/mol. The molecule has 0 radical (unpaired) electrons. The fraction of sp³-hybridized carbons (Fsp3) is 0.312. The number of carbonyl (C=O) groups excluding carboxylic acids is 2. The molecule has 1 aliphatic rings. The van der Waals surface area contributed by atoms with E-state index < -0.39 is 5.82 Å². The molecule has 1 aromatic heterocycles. The van der Waals surface area contributed by atoms with Crippen LogP contribution in [-0.2, 0) is 4.79 Å². The van der Waals surface area contributed by atoms with Crippen molar-refractivity contribution in [3.8, 4) is 0 Å². The van der Waals surface area contributed by atoms with Crippen LogP contribution in [0, 0.1) is 12.7 Å². The normalized spacial score (nSPS) is 13.7. The van der Waals surface area contributed by atoms with Crippen molar-refractivity contribution in [1.82, 2.24) is 10.1 Å². The first kappa shape index (κ1) is 15.2. The summed E-state index contributed by atoms with van der Waals surface area (Å²) >= 11 is 0. The number of rotatable bonds is 5. The summed E-state index contributed by atoms with van der Waals surface area (Å²) in [6.45, 7) is 1.64. The highest BCUT2D eigenvalue weighted by Crippen LogP contribution is 2.28. The number of carbonyl (C=O) groups is 2. The summed E-state index contributed by atoms with van der Waals surface area (Å²) in [5.74, 6) is -0.127. The topological polar surface area (TPSA) is 75.4 Å². The Labute approximate surface area is 132 Å². The predicted octanol–water partition coefficient (Wildman–Crippen LogP) is 2.37. The van der Waals surface area contributed by atoms with Crippen LogP contribution in [0.15, 0.2) is 34.9 Å². The van der Waals surface area contributed by atoms with E-state index in [0.717, 1.165) is 12.8 Å². The van der Waals surface area contributed by atoms with E-state index in [1.165, 1.54) is 29.2 Å². The zero-order valence-electron chi connectivity index (χ0n) is 12.6. The van der Waals surface area contributed by atoms with Crippen molar-refractivity contribution < 1.29 is 18.5 Å². The van der Waals surface area contributed by atoms with Gasteiger partial charge in [0.2, 0.25) is 5.91 Å². The van der Waals surface area contributed by atoms with E-state index in [2.05, 4.69) is 10.5 Å². The lowest BCUT2D eigenvalue weighted by molar-refractivity contribution is -0.117. The number of anilines is 1. The summed E-state index contributed by atoms with van der Waals surface area (Å²) in [7, 11) is 0. The van der Waals surface area contributed by atoms with Crippen molar-refractivity contribution in [3.05, 3.63) is 47.5 Å². The molecule has 6 nitrogen and oxygen atoms in total. The van der Waals surface area contributed by atoms with Crippen molar-refractivity contribution in [2.45, 2.75) is 25.8 Å². The molecule has 1 aromatic carbocycles. The van der Waals surface area contributed by atoms with E-state index in [9.17, 15) is 14.0 Å². The van der Waals surface area contributed by atoms with Crippen LogP contribution in [0.4, 0.5) is 10.2 Å². The van der Waals surface area contributed by atoms with Crippen LogP contribution >= 0.6 is 0 Å². The zero-order valence-corrected chi connectivity index (χ0v) is 12.6. The molecule has 7 heteroatoms. The smallest absolute Gasteiger partial charge is 0.254 e. The maximum atomic E-state index is 13.0. The van der Waals surface area contributed by atoms with Crippen molar-refractivity contribution in [3.63, 3.8) is 0 Å². The highest BCUT2D eigenvalue weighted by atomic mass is 19.1. The molecule has 3 rings (SSSR count). The van der Waals surface area contributed by atoms with Crippen molar-refractivity contribution in [1.29, 1.82) is 0 Å². The molecule has 1 heterocycles. The van der Waals surface area contributed by atoms with E-state index in [0.29, 0.717) is 17.1 Å². The Kier molecular flexibility index (Phi) is 4.10. The van der Waals surface area contributed by atoms with Crippen LogP contribution in [0.3, 0.4) is 0 Å². The van der Waals surface area contributed by atoms with Crippen LogP contribution < -0.4 is 5.32 Å². The summed E-state index contributed by atoms with van der Waals surface area (Å²) in [4.78, 5) is 26.1. The van der Waals surface area contributed by atoms with Gasteiger partial charge >= 0.3 is 0 Å². The van der Waals surface area contributed by atoms with Gasteiger partial charge in [0.25, 0.3) is 5.91 Å². The molecule has 2 aromatic rings. The van der Waals surface area contributed by atoms with Gasteiger partial charge in [-0.25, -0.2) is 4.39 Å². The molecule has 0 bridgehead atoms. The second-order valence-electron chi connectivity index (χ2n) is 5.54. The minimum absolute atomic E-state index is 0.0531. The van der Waals surface area contributed by atoms with Crippen molar-refractivity contribution >= 4 is 17.6 Å². The van der Waals surface area contributed by atoms with Gasteiger partial charge in [-0.3, -0.25) is 9.59 Å². The van der Waals surface area contributed by atoms with Gasteiger partial charge < -0.3 is 14.7 Å². The van der Waals surface area contributed by atoms with Crippen LogP contribution in [0.2, 0.25) is 0 Å². The van der Waals surface area contributed by atoms with Crippen molar-refractivity contribution in [2.24, 2.45) is 0 Å². The molecule has 0 aliphatic heterocycles. The van der Waals surface area contributed by atoms with Crippen molar-refractivity contribution in [2.75, 3.05) is 11.9 Å². The first-order chi connectivity index (χ1) is 11.0. The van der Waals surface area contributed by atoms with Crippen LogP contribution in [0.25, 0.3) is 0 Å². The minimum Gasteiger partial charge on any atom is -0.360 e. The molecule has 1 fully saturated rings. The Bertz CT molecular complexity index is 722. The Morgan fingerprint density at radius 3 is 2.61 bits per heavy atom. The molecule has 23 heavy (non-hydrogen) atoms. The number of nitrogens with zero attached hydrogens (tertiary/aromatic N) is 2. The lowest BCUT2D eigenvalue weighted by Gasteiger charge is -2.21. The van der Waals surface area contributed by atoms with E-state index in [-0.39, 0.29) is 24.4 Å². The SMILES string of the molecule is Cc1cc(NC(=O)CN(C(=O)c2ccc(F)cc2)C2CC2)no1. The monoisotopic (exact) mass is 317 g/mol. The number of aryl methyl sites for hydroxylation is 1. The fourth-order valence-corrected chi connectivity index (χ4v) is 2.27. The lowest BCUT2D eigenvalue weighted by atomic mass is 10.2. The third-order valence-corrected chi connectivity index (χ3v) is 3.55. The molecule has 2 amide bonds. The highest BCUT2D eigenvalue weighted by molar-refractivity contribution is 5.99. The van der Waals surface area contributed by atoms with Crippen LogP contribution in [0.1, 0.15) is 29.0 Å². The molecule has 0 spiro atoms.